The van der Waals surface area contributed by atoms with Crippen LogP contribution in [0.25, 0.3) is 0 Å². The Morgan fingerprint density at radius 1 is 1.50 bits per heavy atom. The van der Waals surface area contributed by atoms with Crippen molar-refractivity contribution in [1.82, 2.24) is 0 Å². The van der Waals surface area contributed by atoms with Gasteiger partial charge in [-0.05, 0) is 12.8 Å². The fraction of sp³-hybridized carbons (Fsp3) is 0.625. The molecule has 72 valence electrons. The number of carbonyl (C=O) groups excluding carboxylic acids is 1. The van der Waals surface area contributed by atoms with Crippen LogP contribution in [-0.2, 0) is 9.53 Å². The number of esters is 1. The molecule has 0 aromatic carbocycles. The SMILES string of the molecule is C=CC(=O)OCCCCO.CO. The summed E-state index contributed by atoms with van der Waals surface area (Å²) in [7, 11) is 1.00. The van der Waals surface area contributed by atoms with Gasteiger partial charge in [0.2, 0.25) is 0 Å². The molecule has 2 N–H and O–H groups in total. The molecule has 0 saturated carbocycles. The quantitative estimate of drug-likeness (QED) is 0.354. The molecule has 0 atom stereocenters. The first kappa shape index (κ1) is 13.7. The van der Waals surface area contributed by atoms with E-state index in [2.05, 4.69) is 11.3 Å². The Bertz CT molecular complexity index is 112. The molecule has 0 unspecified atom stereocenters. The summed E-state index contributed by atoms with van der Waals surface area (Å²) in [4.78, 5) is 10.4. The van der Waals surface area contributed by atoms with Crippen LogP contribution in [0.1, 0.15) is 12.8 Å². The first-order valence-electron chi connectivity index (χ1n) is 3.66. The molecule has 0 aromatic heterocycles. The van der Waals surface area contributed by atoms with Crippen LogP contribution in [0.2, 0.25) is 0 Å². The Balaban J connectivity index is 0. The normalized spacial score (nSPS) is 7.92. The molecule has 4 nitrogen and oxygen atoms in total. The van der Waals surface area contributed by atoms with Gasteiger partial charge in [-0.2, -0.15) is 0 Å². The third kappa shape index (κ3) is 11.9. The van der Waals surface area contributed by atoms with E-state index in [9.17, 15) is 4.79 Å². The second kappa shape index (κ2) is 12.8. The summed E-state index contributed by atoms with van der Waals surface area (Å²) >= 11 is 0. The first-order valence-corrected chi connectivity index (χ1v) is 3.66. The van der Waals surface area contributed by atoms with E-state index in [0.29, 0.717) is 19.4 Å². The zero-order valence-corrected chi connectivity index (χ0v) is 7.32. The lowest BCUT2D eigenvalue weighted by Crippen LogP contribution is -2.02. The van der Waals surface area contributed by atoms with Crippen LogP contribution in [0.4, 0.5) is 0 Å². The second-order valence-corrected chi connectivity index (χ2v) is 1.80. The lowest BCUT2D eigenvalue weighted by atomic mass is 10.3. The van der Waals surface area contributed by atoms with E-state index in [0.717, 1.165) is 13.2 Å². The van der Waals surface area contributed by atoms with Gasteiger partial charge in [0, 0.05) is 19.8 Å². The highest BCUT2D eigenvalue weighted by Crippen LogP contribution is 1.88. The monoisotopic (exact) mass is 176 g/mol. The maximum Gasteiger partial charge on any atom is 0.330 e. The molecule has 0 radical (unpaired) electrons. The highest BCUT2D eigenvalue weighted by atomic mass is 16.5. The molecule has 0 aliphatic heterocycles. The van der Waals surface area contributed by atoms with Crippen molar-refractivity contribution >= 4 is 5.97 Å². The lowest BCUT2D eigenvalue weighted by molar-refractivity contribution is -0.137. The molecule has 0 heterocycles. The minimum atomic E-state index is -0.405. The van der Waals surface area contributed by atoms with E-state index in [-0.39, 0.29) is 6.61 Å². The van der Waals surface area contributed by atoms with Crippen molar-refractivity contribution in [3.8, 4) is 0 Å². The smallest absolute Gasteiger partial charge is 0.330 e. The lowest BCUT2D eigenvalue weighted by Gasteiger charge is -1.98. The number of unbranched alkanes of at least 4 members (excludes halogenated alkanes) is 1. The summed E-state index contributed by atoms with van der Waals surface area (Å²) in [6.45, 7) is 3.75. The zero-order chi connectivity index (χ0) is 9.82. The molecular weight excluding hydrogens is 160 g/mol. The highest BCUT2D eigenvalue weighted by molar-refractivity contribution is 5.81. The van der Waals surface area contributed by atoms with Gasteiger partial charge in [-0.15, -0.1) is 0 Å². The molecule has 4 heteroatoms. The average Bonchev–Trinajstić information content (AvgIpc) is 2.15. The molecule has 0 rings (SSSR count). The predicted molar refractivity (Wildman–Crippen MR) is 45.6 cm³/mol. The van der Waals surface area contributed by atoms with Crippen LogP contribution in [0, 0.1) is 0 Å². The van der Waals surface area contributed by atoms with Crippen LogP contribution in [0.5, 0.6) is 0 Å². The van der Waals surface area contributed by atoms with Crippen molar-refractivity contribution in [2.45, 2.75) is 12.8 Å². The fourth-order valence-corrected chi connectivity index (χ4v) is 0.446. The second-order valence-electron chi connectivity index (χ2n) is 1.80. The minimum Gasteiger partial charge on any atom is -0.463 e. The summed E-state index contributed by atoms with van der Waals surface area (Å²) in [6, 6.07) is 0. The molecule has 0 aliphatic rings. The van der Waals surface area contributed by atoms with E-state index < -0.39 is 5.97 Å². The molecule has 0 spiro atoms. The van der Waals surface area contributed by atoms with E-state index in [1.54, 1.807) is 0 Å². The average molecular weight is 176 g/mol. The number of rotatable bonds is 5. The van der Waals surface area contributed by atoms with Gasteiger partial charge in [0.1, 0.15) is 0 Å². The van der Waals surface area contributed by atoms with Crippen LogP contribution < -0.4 is 0 Å². The van der Waals surface area contributed by atoms with Crippen LogP contribution in [0.15, 0.2) is 12.7 Å². The van der Waals surface area contributed by atoms with Gasteiger partial charge in [-0.1, -0.05) is 6.58 Å². The molecular formula is C8H16O4. The third-order valence-corrected chi connectivity index (χ3v) is 0.963. The number of hydrogen-bond donors (Lipinski definition) is 2. The molecule has 12 heavy (non-hydrogen) atoms. The predicted octanol–water partition coefficient (Wildman–Crippen LogP) is 0.0966. The minimum absolute atomic E-state index is 0.144. The topological polar surface area (TPSA) is 66.8 Å². The van der Waals surface area contributed by atoms with Gasteiger partial charge in [0.15, 0.2) is 0 Å². The number of aliphatic hydroxyl groups excluding tert-OH is 2. The summed E-state index contributed by atoms with van der Waals surface area (Å²) in [5.74, 6) is -0.405. The van der Waals surface area contributed by atoms with Crippen molar-refractivity contribution in [3.63, 3.8) is 0 Å². The maximum atomic E-state index is 10.4. The molecule has 0 aromatic rings. The van der Waals surface area contributed by atoms with E-state index >= 15 is 0 Å². The van der Waals surface area contributed by atoms with Gasteiger partial charge in [-0.25, -0.2) is 4.79 Å². The van der Waals surface area contributed by atoms with Crippen molar-refractivity contribution in [1.29, 1.82) is 0 Å². The van der Waals surface area contributed by atoms with E-state index in [1.165, 1.54) is 0 Å². The molecule has 0 aliphatic carbocycles. The van der Waals surface area contributed by atoms with Gasteiger partial charge in [0.25, 0.3) is 0 Å². The van der Waals surface area contributed by atoms with Gasteiger partial charge >= 0.3 is 5.97 Å². The van der Waals surface area contributed by atoms with Crippen LogP contribution in [-0.4, -0.2) is 36.5 Å². The summed E-state index contributed by atoms with van der Waals surface area (Å²) < 4.78 is 4.63. The zero-order valence-electron chi connectivity index (χ0n) is 7.32. The largest absolute Gasteiger partial charge is 0.463 e. The van der Waals surface area contributed by atoms with Gasteiger partial charge in [-0.3, -0.25) is 0 Å². The third-order valence-electron chi connectivity index (χ3n) is 0.963. The Kier molecular flexibility index (Phi) is 14.6. The molecule has 0 amide bonds. The van der Waals surface area contributed by atoms with Crippen molar-refractivity contribution in [3.05, 3.63) is 12.7 Å². The van der Waals surface area contributed by atoms with Gasteiger partial charge < -0.3 is 14.9 Å². The van der Waals surface area contributed by atoms with E-state index in [4.69, 9.17) is 10.2 Å². The number of hydrogen-bond acceptors (Lipinski definition) is 4. The van der Waals surface area contributed by atoms with E-state index in [1.807, 2.05) is 0 Å². The fourth-order valence-electron chi connectivity index (χ4n) is 0.446. The Morgan fingerprint density at radius 2 is 2.08 bits per heavy atom. The Labute approximate surface area is 72.5 Å². The standard InChI is InChI=1S/C7H12O3.CH4O/c1-2-7(9)10-6-4-3-5-8;1-2/h2,8H,1,3-6H2;2H,1H3. The molecule has 0 bridgehead atoms. The summed E-state index contributed by atoms with van der Waals surface area (Å²) in [5, 5.41) is 15.3. The van der Waals surface area contributed by atoms with Gasteiger partial charge in [0.05, 0.1) is 6.61 Å². The molecule has 0 saturated heterocycles. The highest BCUT2D eigenvalue weighted by Gasteiger charge is 1.92. The Morgan fingerprint density at radius 3 is 2.50 bits per heavy atom. The first-order chi connectivity index (χ1) is 5.81. The number of ether oxygens (including phenoxy) is 1. The van der Waals surface area contributed by atoms with Crippen molar-refractivity contribution < 1.29 is 19.7 Å². The Hall–Kier alpha value is -0.870. The van der Waals surface area contributed by atoms with Crippen LogP contribution in [0.3, 0.4) is 0 Å². The maximum absolute atomic E-state index is 10.4. The molecule has 0 fully saturated rings. The number of aliphatic hydroxyl groups is 2. The summed E-state index contributed by atoms with van der Waals surface area (Å²) in [6.07, 6.45) is 2.50. The van der Waals surface area contributed by atoms with Crippen LogP contribution >= 0.6 is 0 Å². The van der Waals surface area contributed by atoms with Crippen molar-refractivity contribution in [2.24, 2.45) is 0 Å². The number of carbonyl (C=O) groups is 1. The van der Waals surface area contributed by atoms with Crippen molar-refractivity contribution in [2.75, 3.05) is 20.3 Å². The summed E-state index contributed by atoms with van der Waals surface area (Å²) in [5.41, 5.74) is 0.